The van der Waals surface area contributed by atoms with Crippen LogP contribution in [0, 0.1) is 0 Å². The maximum Gasteiger partial charge on any atom is 0.341 e. The van der Waals surface area contributed by atoms with E-state index in [2.05, 4.69) is 5.32 Å². The quantitative estimate of drug-likeness (QED) is 0.571. The van der Waals surface area contributed by atoms with Crippen molar-refractivity contribution < 1.29 is 32.2 Å². The zero-order chi connectivity index (χ0) is 24.5. The molecule has 0 bridgehead atoms. The largest absolute Gasteiger partial charge is 0.486 e. The summed E-state index contributed by atoms with van der Waals surface area (Å²) in [5.74, 6) is -0.0922. The first kappa shape index (κ1) is 24.3. The Balaban J connectivity index is 1.64. The van der Waals surface area contributed by atoms with E-state index in [-0.39, 0.29) is 12.3 Å². The Bertz CT molecular complexity index is 1210. The standard InChI is InChI=1S/C23H28N2O7S2/c1-4-30-23(27)20-16-7-5-6-8-19(16)33-22(20)24-21(26)14(2)25(34(3,28)29)15-9-10-17-18(13-15)32-12-11-31-17/h9-10,13-14H,4-8,11-12H2,1-3H3,(H,24,26)/t14-/m1/s1. The molecular formula is C23H28N2O7S2. The van der Waals surface area contributed by atoms with Gasteiger partial charge in [-0.3, -0.25) is 9.10 Å². The van der Waals surface area contributed by atoms with Gasteiger partial charge < -0.3 is 19.5 Å². The molecule has 2 heterocycles. The molecule has 2 aliphatic rings. The van der Waals surface area contributed by atoms with Crippen molar-refractivity contribution in [2.24, 2.45) is 0 Å². The predicted octanol–water partition coefficient (Wildman–Crippen LogP) is 3.37. The zero-order valence-electron chi connectivity index (χ0n) is 19.4. The molecule has 0 fully saturated rings. The number of fused-ring (bicyclic) bond motifs is 2. The third-order valence-corrected chi connectivity index (χ3v) is 8.21. The molecule has 0 saturated heterocycles. The van der Waals surface area contributed by atoms with Crippen molar-refractivity contribution in [2.75, 3.05) is 35.7 Å². The highest BCUT2D eigenvalue weighted by molar-refractivity contribution is 7.92. The number of hydrogen-bond acceptors (Lipinski definition) is 8. The van der Waals surface area contributed by atoms with Crippen LogP contribution in [0.3, 0.4) is 0 Å². The first-order chi connectivity index (χ1) is 16.2. The summed E-state index contributed by atoms with van der Waals surface area (Å²) in [6, 6.07) is 3.66. The van der Waals surface area contributed by atoms with Crippen molar-refractivity contribution in [2.45, 2.75) is 45.6 Å². The van der Waals surface area contributed by atoms with Gasteiger partial charge in [-0.25, -0.2) is 13.2 Å². The summed E-state index contributed by atoms with van der Waals surface area (Å²) in [5, 5.41) is 3.21. The van der Waals surface area contributed by atoms with Gasteiger partial charge in [0.1, 0.15) is 24.3 Å². The van der Waals surface area contributed by atoms with Crippen molar-refractivity contribution >= 4 is 43.9 Å². The topological polar surface area (TPSA) is 111 Å². The predicted molar refractivity (Wildman–Crippen MR) is 130 cm³/mol. The van der Waals surface area contributed by atoms with E-state index in [4.69, 9.17) is 14.2 Å². The lowest BCUT2D eigenvalue weighted by Crippen LogP contribution is -2.45. The van der Waals surface area contributed by atoms with E-state index in [9.17, 15) is 18.0 Å². The number of carbonyl (C=O) groups is 2. The Kier molecular flexibility index (Phi) is 7.04. The van der Waals surface area contributed by atoms with E-state index < -0.39 is 27.9 Å². The maximum absolute atomic E-state index is 13.3. The lowest BCUT2D eigenvalue weighted by Gasteiger charge is -2.29. The highest BCUT2D eigenvalue weighted by Crippen LogP contribution is 2.39. The van der Waals surface area contributed by atoms with Crippen LogP contribution in [0.2, 0.25) is 0 Å². The number of carbonyl (C=O) groups excluding carboxylic acids is 2. The molecule has 0 radical (unpaired) electrons. The van der Waals surface area contributed by atoms with E-state index in [1.165, 1.54) is 18.3 Å². The number of nitrogens with zero attached hydrogens (tertiary/aromatic N) is 1. The van der Waals surface area contributed by atoms with E-state index in [0.717, 1.165) is 46.7 Å². The third kappa shape index (κ3) is 4.85. The second kappa shape index (κ2) is 9.83. The fourth-order valence-corrected chi connectivity index (χ4v) is 6.71. The Hall–Kier alpha value is -2.79. The average molecular weight is 509 g/mol. The fraction of sp³-hybridized carbons (Fsp3) is 0.478. The highest BCUT2D eigenvalue weighted by atomic mass is 32.2. The van der Waals surface area contributed by atoms with Crippen LogP contribution in [-0.2, 0) is 32.4 Å². The molecule has 1 aliphatic heterocycles. The maximum atomic E-state index is 13.3. The Morgan fingerprint density at radius 3 is 2.59 bits per heavy atom. The molecule has 1 amide bonds. The van der Waals surface area contributed by atoms with Gasteiger partial charge in [-0.15, -0.1) is 11.3 Å². The average Bonchev–Trinajstić information content (AvgIpc) is 3.16. The number of hydrogen-bond donors (Lipinski definition) is 1. The third-order valence-electron chi connectivity index (χ3n) is 5.76. The van der Waals surface area contributed by atoms with E-state index in [1.54, 1.807) is 25.1 Å². The summed E-state index contributed by atoms with van der Waals surface area (Å²) in [6.45, 7) is 4.22. The van der Waals surface area contributed by atoms with Gasteiger partial charge in [-0.2, -0.15) is 0 Å². The highest BCUT2D eigenvalue weighted by Gasteiger charge is 2.33. The van der Waals surface area contributed by atoms with Crippen LogP contribution in [0.25, 0.3) is 0 Å². The molecule has 1 atom stereocenters. The molecule has 0 unspecified atom stereocenters. The van der Waals surface area contributed by atoms with Crippen molar-refractivity contribution in [1.82, 2.24) is 0 Å². The van der Waals surface area contributed by atoms with Gasteiger partial charge in [0, 0.05) is 10.9 Å². The summed E-state index contributed by atoms with van der Waals surface area (Å²) in [5.41, 5.74) is 1.59. The van der Waals surface area contributed by atoms with Crippen LogP contribution in [0.15, 0.2) is 18.2 Å². The molecular weight excluding hydrogens is 480 g/mol. The Morgan fingerprint density at radius 2 is 1.88 bits per heavy atom. The first-order valence-corrected chi connectivity index (χ1v) is 13.9. The van der Waals surface area contributed by atoms with Crippen molar-refractivity contribution in [3.8, 4) is 11.5 Å². The minimum Gasteiger partial charge on any atom is -0.486 e. The van der Waals surface area contributed by atoms with Crippen molar-refractivity contribution in [1.29, 1.82) is 0 Å². The summed E-state index contributed by atoms with van der Waals surface area (Å²) in [6.07, 6.45) is 4.61. The van der Waals surface area contributed by atoms with E-state index >= 15 is 0 Å². The van der Waals surface area contributed by atoms with Gasteiger partial charge in [-0.05, 0) is 57.2 Å². The molecule has 2 aromatic rings. The summed E-state index contributed by atoms with van der Waals surface area (Å²) < 4.78 is 42.8. The molecule has 34 heavy (non-hydrogen) atoms. The summed E-state index contributed by atoms with van der Waals surface area (Å²) in [4.78, 5) is 27.1. The van der Waals surface area contributed by atoms with Crippen LogP contribution in [0.1, 0.15) is 47.5 Å². The lowest BCUT2D eigenvalue weighted by atomic mass is 9.95. The summed E-state index contributed by atoms with van der Waals surface area (Å²) >= 11 is 1.36. The number of ether oxygens (including phenoxy) is 3. The van der Waals surface area contributed by atoms with Gasteiger partial charge in [0.25, 0.3) is 0 Å². The number of anilines is 2. The Morgan fingerprint density at radius 1 is 1.18 bits per heavy atom. The molecule has 0 saturated carbocycles. The lowest BCUT2D eigenvalue weighted by molar-refractivity contribution is -0.116. The van der Waals surface area contributed by atoms with Gasteiger partial charge in [0.15, 0.2) is 11.5 Å². The van der Waals surface area contributed by atoms with Crippen molar-refractivity contribution in [3.05, 3.63) is 34.2 Å². The van der Waals surface area contributed by atoms with Crippen LogP contribution in [0.4, 0.5) is 10.7 Å². The molecule has 1 aliphatic carbocycles. The van der Waals surface area contributed by atoms with E-state index in [0.29, 0.717) is 35.3 Å². The van der Waals surface area contributed by atoms with Crippen LogP contribution in [0.5, 0.6) is 11.5 Å². The first-order valence-electron chi connectivity index (χ1n) is 11.2. The van der Waals surface area contributed by atoms with Crippen LogP contribution >= 0.6 is 11.3 Å². The number of benzene rings is 1. The second-order valence-electron chi connectivity index (χ2n) is 8.19. The molecule has 1 aromatic carbocycles. The number of sulfonamides is 1. The van der Waals surface area contributed by atoms with Crippen LogP contribution in [-0.4, -0.2) is 52.4 Å². The number of amides is 1. The van der Waals surface area contributed by atoms with Gasteiger partial charge >= 0.3 is 5.97 Å². The fourth-order valence-electron chi connectivity index (χ4n) is 4.27. The zero-order valence-corrected chi connectivity index (χ0v) is 21.0. The number of aryl methyl sites for hydroxylation is 1. The normalized spacial score (nSPS) is 15.7. The van der Waals surface area contributed by atoms with E-state index in [1.807, 2.05) is 0 Å². The molecule has 1 N–H and O–H groups in total. The Labute approximate surface area is 203 Å². The molecule has 0 spiro atoms. The smallest absolute Gasteiger partial charge is 0.341 e. The number of nitrogens with one attached hydrogen (secondary N) is 1. The molecule has 11 heteroatoms. The van der Waals surface area contributed by atoms with Gasteiger partial charge in [-0.1, -0.05) is 0 Å². The molecule has 4 rings (SSSR count). The molecule has 184 valence electrons. The molecule has 1 aromatic heterocycles. The SMILES string of the molecule is CCOC(=O)c1c(NC(=O)[C@@H](C)N(c2ccc3c(c2)OCCO3)S(C)(=O)=O)sc2c1CCCC2. The van der Waals surface area contributed by atoms with Gasteiger partial charge in [0.2, 0.25) is 15.9 Å². The van der Waals surface area contributed by atoms with Crippen molar-refractivity contribution in [3.63, 3.8) is 0 Å². The molecule has 9 nitrogen and oxygen atoms in total. The number of thiophene rings is 1. The summed E-state index contributed by atoms with van der Waals surface area (Å²) in [7, 11) is -3.83. The number of esters is 1. The minimum absolute atomic E-state index is 0.221. The van der Waals surface area contributed by atoms with Gasteiger partial charge in [0.05, 0.1) is 24.1 Å². The van der Waals surface area contributed by atoms with Crippen LogP contribution < -0.4 is 19.1 Å². The monoisotopic (exact) mass is 508 g/mol. The second-order valence-corrected chi connectivity index (χ2v) is 11.2. The minimum atomic E-state index is -3.83. The number of rotatable bonds is 7.